The van der Waals surface area contributed by atoms with Crippen molar-refractivity contribution in [2.75, 3.05) is 38.7 Å². The average molecular weight is 325 g/mol. The Hall–Kier alpha value is -1.26. The molecule has 5 heteroatoms. The number of hydrogen-bond donors (Lipinski definition) is 1. The molecule has 1 amide bonds. The van der Waals surface area contributed by atoms with Gasteiger partial charge in [0.2, 0.25) is 0 Å². The lowest BCUT2D eigenvalue weighted by Gasteiger charge is -2.33. The Morgan fingerprint density at radius 1 is 1.41 bits per heavy atom. The number of ether oxygens (including phenoxy) is 1. The second kappa shape index (κ2) is 7.84. The summed E-state index contributed by atoms with van der Waals surface area (Å²) in [6.07, 6.45) is 4.34. The number of likely N-dealkylation sites (tertiary alicyclic amines) is 1. The predicted octanol–water partition coefficient (Wildman–Crippen LogP) is 2.97. The molecule has 1 fully saturated rings. The fourth-order valence-corrected chi connectivity index (χ4v) is 3.50. The minimum Gasteiger partial charge on any atom is -0.385 e. The fraction of sp³-hybridized carbons (Fsp3) is 0.588. The zero-order valence-electron chi connectivity index (χ0n) is 13.1. The maximum Gasteiger partial charge on any atom is 0.254 e. The lowest BCUT2D eigenvalue weighted by atomic mass is 9.94. The topological polar surface area (TPSA) is 41.6 Å². The van der Waals surface area contributed by atoms with Crippen LogP contribution in [0.25, 0.3) is 0 Å². The molecule has 0 aromatic heterocycles. The van der Waals surface area contributed by atoms with Crippen molar-refractivity contribution in [2.45, 2.75) is 25.7 Å². The van der Waals surface area contributed by atoms with E-state index >= 15 is 0 Å². The van der Waals surface area contributed by atoms with E-state index in [2.05, 4.69) is 11.4 Å². The van der Waals surface area contributed by atoms with Crippen LogP contribution >= 0.6 is 12.4 Å². The molecule has 0 bridgehead atoms. The van der Waals surface area contributed by atoms with Crippen molar-refractivity contribution in [3.8, 4) is 0 Å². The van der Waals surface area contributed by atoms with E-state index in [1.165, 1.54) is 5.56 Å². The van der Waals surface area contributed by atoms with Crippen LogP contribution < -0.4 is 5.32 Å². The van der Waals surface area contributed by atoms with Crippen LogP contribution in [0.2, 0.25) is 0 Å². The Labute approximate surface area is 138 Å². The first-order valence-electron chi connectivity index (χ1n) is 7.93. The van der Waals surface area contributed by atoms with Crippen molar-refractivity contribution >= 4 is 24.0 Å². The number of carbonyl (C=O) groups excluding carboxylic acids is 1. The molecule has 0 radical (unpaired) electrons. The van der Waals surface area contributed by atoms with Crippen LogP contribution in [0.4, 0.5) is 5.69 Å². The zero-order valence-corrected chi connectivity index (χ0v) is 14.0. The SMILES string of the molecule is COCC1CCCN(C(=O)c2cccc3c2CCCN3)C1.Cl. The summed E-state index contributed by atoms with van der Waals surface area (Å²) in [7, 11) is 1.74. The largest absolute Gasteiger partial charge is 0.385 e. The third-order valence-corrected chi connectivity index (χ3v) is 4.53. The molecular weight excluding hydrogens is 300 g/mol. The monoisotopic (exact) mass is 324 g/mol. The lowest BCUT2D eigenvalue weighted by molar-refractivity contribution is 0.0570. The quantitative estimate of drug-likeness (QED) is 0.929. The van der Waals surface area contributed by atoms with E-state index in [-0.39, 0.29) is 18.3 Å². The minimum atomic E-state index is 0. The summed E-state index contributed by atoms with van der Waals surface area (Å²) in [5, 5.41) is 3.40. The lowest BCUT2D eigenvalue weighted by Crippen LogP contribution is -2.41. The molecule has 1 aromatic rings. The molecule has 22 heavy (non-hydrogen) atoms. The minimum absolute atomic E-state index is 0. The molecule has 0 saturated carbocycles. The third kappa shape index (κ3) is 3.55. The van der Waals surface area contributed by atoms with Gasteiger partial charge in [0.25, 0.3) is 5.91 Å². The van der Waals surface area contributed by atoms with Gasteiger partial charge in [-0.05, 0) is 49.3 Å². The molecule has 1 saturated heterocycles. The fourth-order valence-electron chi connectivity index (χ4n) is 3.50. The molecule has 1 N–H and O–H groups in total. The van der Waals surface area contributed by atoms with Crippen molar-refractivity contribution in [1.82, 2.24) is 4.90 Å². The maximum atomic E-state index is 12.9. The first kappa shape index (κ1) is 17.1. The molecule has 2 aliphatic heterocycles. The van der Waals surface area contributed by atoms with Gasteiger partial charge in [-0.2, -0.15) is 0 Å². The molecule has 1 unspecified atom stereocenters. The van der Waals surface area contributed by atoms with Crippen molar-refractivity contribution < 1.29 is 9.53 Å². The van der Waals surface area contributed by atoms with E-state index in [9.17, 15) is 4.79 Å². The number of benzene rings is 1. The summed E-state index contributed by atoms with van der Waals surface area (Å²) in [6, 6.07) is 6.05. The summed E-state index contributed by atoms with van der Waals surface area (Å²) >= 11 is 0. The molecule has 2 aliphatic rings. The van der Waals surface area contributed by atoms with Crippen LogP contribution in [0.15, 0.2) is 18.2 Å². The number of anilines is 1. The van der Waals surface area contributed by atoms with Crippen LogP contribution in [0.3, 0.4) is 0 Å². The Kier molecular flexibility index (Phi) is 6.09. The number of hydrogen-bond acceptors (Lipinski definition) is 3. The van der Waals surface area contributed by atoms with Crippen LogP contribution in [-0.4, -0.2) is 44.2 Å². The second-order valence-corrected chi connectivity index (χ2v) is 6.08. The maximum absolute atomic E-state index is 12.9. The zero-order chi connectivity index (χ0) is 14.7. The predicted molar refractivity (Wildman–Crippen MR) is 91.0 cm³/mol. The van der Waals surface area contributed by atoms with Crippen molar-refractivity contribution in [3.05, 3.63) is 29.3 Å². The van der Waals surface area contributed by atoms with Gasteiger partial charge in [0, 0.05) is 38.0 Å². The standard InChI is InChI=1S/C17H24N2O2.ClH/c1-21-12-13-5-4-10-19(11-13)17(20)15-6-2-8-16-14(15)7-3-9-18-16;/h2,6,8,13,18H,3-5,7,9-12H2,1H3;1H. The van der Waals surface area contributed by atoms with Crippen LogP contribution in [0, 0.1) is 5.92 Å². The highest BCUT2D eigenvalue weighted by Gasteiger charge is 2.26. The van der Waals surface area contributed by atoms with Gasteiger partial charge in [-0.25, -0.2) is 0 Å². The molecular formula is C17H25ClN2O2. The van der Waals surface area contributed by atoms with E-state index < -0.39 is 0 Å². The summed E-state index contributed by atoms with van der Waals surface area (Å²) in [4.78, 5) is 14.9. The van der Waals surface area contributed by atoms with Gasteiger partial charge >= 0.3 is 0 Å². The number of halogens is 1. The number of rotatable bonds is 3. The molecule has 3 rings (SSSR count). The highest BCUT2D eigenvalue weighted by atomic mass is 35.5. The number of amides is 1. The molecule has 4 nitrogen and oxygen atoms in total. The highest BCUT2D eigenvalue weighted by molar-refractivity contribution is 5.97. The summed E-state index contributed by atoms with van der Waals surface area (Å²) < 4.78 is 5.26. The van der Waals surface area contributed by atoms with Crippen LogP contribution in [-0.2, 0) is 11.2 Å². The average Bonchev–Trinajstić information content (AvgIpc) is 2.54. The summed E-state index contributed by atoms with van der Waals surface area (Å²) in [6.45, 7) is 3.45. The van der Waals surface area contributed by atoms with E-state index in [4.69, 9.17) is 4.74 Å². The first-order valence-corrected chi connectivity index (χ1v) is 7.93. The first-order chi connectivity index (χ1) is 10.3. The number of fused-ring (bicyclic) bond motifs is 1. The normalized spacial score (nSPS) is 20.6. The Bertz CT molecular complexity index is 519. The summed E-state index contributed by atoms with van der Waals surface area (Å²) in [5.41, 5.74) is 3.22. The number of methoxy groups -OCH3 is 1. The second-order valence-electron chi connectivity index (χ2n) is 6.08. The van der Waals surface area contributed by atoms with Gasteiger partial charge in [-0.3, -0.25) is 4.79 Å². The van der Waals surface area contributed by atoms with Crippen LogP contribution in [0.1, 0.15) is 35.2 Å². The van der Waals surface area contributed by atoms with Crippen LogP contribution in [0.5, 0.6) is 0 Å². The van der Waals surface area contributed by atoms with Gasteiger partial charge in [-0.15, -0.1) is 12.4 Å². The van der Waals surface area contributed by atoms with E-state index in [1.807, 2.05) is 17.0 Å². The van der Waals surface area contributed by atoms with Crippen molar-refractivity contribution in [1.29, 1.82) is 0 Å². The number of nitrogens with zero attached hydrogens (tertiary/aromatic N) is 1. The Balaban J connectivity index is 0.00000176. The summed E-state index contributed by atoms with van der Waals surface area (Å²) in [5.74, 6) is 0.668. The third-order valence-electron chi connectivity index (χ3n) is 4.53. The van der Waals surface area contributed by atoms with E-state index in [0.29, 0.717) is 5.92 Å². The van der Waals surface area contributed by atoms with Crippen molar-refractivity contribution in [2.24, 2.45) is 5.92 Å². The molecule has 122 valence electrons. The molecule has 2 heterocycles. The van der Waals surface area contributed by atoms with Crippen molar-refractivity contribution in [3.63, 3.8) is 0 Å². The Morgan fingerprint density at radius 2 is 2.27 bits per heavy atom. The van der Waals surface area contributed by atoms with Gasteiger partial charge < -0.3 is 15.0 Å². The Morgan fingerprint density at radius 3 is 3.09 bits per heavy atom. The molecule has 1 aromatic carbocycles. The van der Waals surface area contributed by atoms with Gasteiger partial charge in [0.05, 0.1) is 6.61 Å². The molecule has 0 aliphatic carbocycles. The van der Waals surface area contributed by atoms with Gasteiger partial charge in [-0.1, -0.05) is 6.07 Å². The molecule has 1 atom stereocenters. The van der Waals surface area contributed by atoms with E-state index in [0.717, 1.165) is 63.2 Å². The number of carbonyl (C=O) groups is 1. The highest BCUT2D eigenvalue weighted by Crippen LogP contribution is 2.27. The molecule has 0 spiro atoms. The number of nitrogens with one attached hydrogen (secondary N) is 1. The van der Waals surface area contributed by atoms with Gasteiger partial charge in [0.1, 0.15) is 0 Å². The van der Waals surface area contributed by atoms with Gasteiger partial charge in [0.15, 0.2) is 0 Å². The van der Waals surface area contributed by atoms with E-state index in [1.54, 1.807) is 7.11 Å². The smallest absolute Gasteiger partial charge is 0.254 e. The number of piperidine rings is 1.